The van der Waals surface area contributed by atoms with E-state index in [1.165, 1.54) is 41.5 Å². The normalized spacial score (nSPS) is 10.8. The summed E-state index contributed by atoms with van der Waals surface area (Å²) < 4.78 is 14.7. The van der Waals surface area contributed by atoms with Crippen LogP contribution in [0.2, 0.25) is 0 Å². The molecule has 0 bridgehead atoms. The molecule has 6 heteroatoms. The van der Waals surface area contributed by atoms with Crippen LogP contribution in [0.4, 0.5) is 4.39 Å². The molecule has 3 rings (SSSR count). The second-order valence-electron chi connectivity index (χ2n) is 3.93. The Morgan fingerprint density at radius 2 is 2.21 bits per heavy atom. The number of nitrogens with zero attached hydrogens (tertiary/aromatic N) is 3. The van der Waals surface area contributed by atoms with Gasteiger partial charge in [0.15, 0.2) is 0 Å². The Hall–Kier alpha value is -2.76. The third kappa shape index (κ3) is 1.74. The van der Waals surface area contributed by atoms with Crippen LogP contribution >= 0.6 is 0 Å². The monoisotopic (exact) mass is 257 g/mol. The lowest BCUT2D eigenvalue weighted by atomic mass is 10.1. The third-order valence-corrected chi connectivity index (χ3v) is 2.79. The topological polar surface area (TPSA) is 68.0 Å². The first-order chi connectivity index (χ1) is 9.18. The summed E-state index contributed by atoms with van der Waals surface area (Å²) in [6.45, 7) is 0. The van der Waals surface area contributed by atoms with E-state index in [1.54, 1.807) is 0 Å². The zero-order valence-electron chi connectivity index (χ0n) is 9.62. The SMILES string of the molecule is O=C(c1cnc2c(F)cccc2c1O)n1ccnc1. The van der Waals surface area contributed by atoms with E-state index < -0.39 is 11.7 Å². The average molecular weight is 257 g/mol. The number of hydrogen-bond acceptors (Lipinski definition) is 4. The molecule has 0 aliphatic carbocycles. The van der Waals surface area contributed by atoms with E-state index in [4.69, 9.17) is 0 Å². The van der Waals surface area contributed by atoms with Crippen LogP contribution in [-0.4, -0.2) is 25.5 Å². The smallest absolute Gasteiger partial charge is 0.268 e. The number of pyridine rings is 1. The van der Waals surface area contributed by atoms with Gasteiger partial charge in [-0.3, -0.25) is 14.3 Å². The van der Waals surface area contributed by atoms with E-state index in [-0.39, 0.29) is 22.2 Å². The summed E-state index contributed by atoms with van der Waals surface area (Å²) in [5, 5.41) is 10.3. The molecule has 3 aromatic rings. The number of halogens is 1. The average Bonchev–Trinajstić information content (AvgIpc) is 2.93. The highest BCUT2D eigenvalue weighted by Crippen LogP contribution is 2.28. The van der Waals surface area contributed by atoms with Crippen molar-refractivity contribution < 1.29 is 14.3 Å². The van der Waals surface area contributed by atoms with Gasteiger partial charge in [0.1, 0.15) is 29.0 Å². The Kier molecular flexibility index (Phi) is 2.49. The van der Waals surface area contributed by atoms with Gasteiger partial charge >= 0.3 is 0 Å². The molecule has 5 nitrogen and oxygen atoms in total. The maximum absolute atomic E-state index is 13.5. The molecule has 2 heterocycles. The zero-order valence-corrected chi connectivity index (χ0v) is 9.62. The number of fused-ring (bicyclic) bond motifs is 1. The zero-order chi connectivity index (χ0) is 13.4. The second-order valence-corrected chi connectivity index (χ2v) is 3.93. The summed E-state index contributed by atoms with van der Waals surface area (Å²) in [5.41, 5.74) is 0.0262. The first-order valence-corrected chi connectivity index (χ1v) is 5.47. The van der Waals surface area contributed by atoms with E-state index >= 15 is 0 Å². The van der Waals surface area contributed by atoms with Crippen molar-refractivity contribution in [2.45, 2.75) is 0 Å². The number of carbonyl (C=O) groups excluding carboxylic acids is 1. The van der Waals surface area contributed by atoms with Gasteiger partial charge in [0.05, 0.1) is 0 Å². The fourth-order valence-corrected chi connectivity index (χ4v) is 1.85. The Bertz CT molecular complexity index is 769. The number of rotatable bonds is 1. The quantitative estimate of drug-likeness (QED) is 0.723. The van der Waals surface area contributed by atoms with E-state index in [0.29, 0.717) is 0 Å². The number of para-hydroxylation sites is 1. The van der Waals surface area contributed by atoms with Gasteiger partial charge in [0.25, 0.3) is 5.91 Å². The molecular formula is C13H8FN3O2. The van der Waals surface area contributed by atoms with Crippen LogP contribution in [0.1, 0.15) is 10.4 Å². The van der Waals surface area contributed by atoms with E-state index in [9.17, 15) is 14.3 Å². The Labute approximate surface area is 107 Å². The molecule has 0 unspecified atom stereocenters. The van der Waals surface area contributed by atoms with Crippen molar-refractivity contribution in [1.29, 1.82) is 0 Å². The van der Waals surface area contributed by atoms with Crippen molar-refractivity contribution in [3.8, 4) is 5.75 Å². The molecule has 0 saturated carbocycles. The summed E-state index contributed by atoms with van der Waals surface area (Å²) in [7, 11) is 0. The first-order valence-electron chi connectivity index (χ1n) is 5.47. The van der Waals surface area contributed by atoms with Crippen LogP contribution in [0, 0.1) is 5.82 Å². The molecule has 0 atom stereocenters. The maximum atomic E-state index is 13.5. The summed E-state index contributed by atoms with van der Waals surface area (Å²) in [6, 6.07) is 4.20. The molecule has 0 amide bonds. The molecule has 0 aliphatic rings. The molecule has 0 saturated heterocycles. The van der Waals surface area contributed by atoms with Gasteiger partial charge in [0, 0.05) is 24.0 Å². The second kappa shape index (κ2) is 4.16. The van der Waals surface area contributed by atoms with Crippen molar-refractivity contribution in [3.05, 3.63) is 54.5 Å². The van der Waals surface area contributed by atoms with Gasteiger partial charge in [-0.2, -0.15) is 0 Å². The van der Waals surface area contributed by atoms with E-state index in [2.05, 4.69) is 9.97 Å². The summed E-state index contributed by atoms with van der Waals surface area (Å²) in [4.78, 5) is 19.7. The summed E-state index contributed by atoms with van der Waals surface area (Å²) in [6.07, 6.45) is 5.38. The molecule has 0 spiro atoms. The van der Waals surface area contributed by atoms with Crippen molar-refractivity contribution in [1.82, 2.24) is 14.5 Å². The predicted molar refractivity (Wildman–Crippen MR) is 65.3 cm³/mol. The Balaban J connectivity index is 2.21. The van der Waals surface area contributed by atoms with Crippen molar-refractivity contribution >= 4 is 16.8 Å². The molecule has 0 aliphatic heterocycles. The molecule has 94 valence electrons. The van der Waals surface area contributed by atoms with E-state index in [1.807, 2.05) is 0 Å². The van der Waals surface area contributed by atoms with Crippen molar-refractivity contribution in [3.63, 3.8) is 0 Å². The standard InChI is InChI=1S/C13H8FN3O2/c14-10-3-1-2-8-11(10)16-6-9(12(8)18)13(19)17-5-4-15-7-17/h1-7H,(H,16,18). The number of aromatic nitrogens is 3. The highest BCUT2D eigenvalue weighted by Gasteiger charge is 2.17. The third-order valence-electron chi connectivity index (χ3n) is 2.79. The number of aromatic hydroxyl groups is 1. The van der Waals surface area contributed by atoms with Gasteiger partial charge in [-0.25, -0.2) is 9.37 Å². The van der Waals surface area contributed by atoms with Gasteiger partial charge in [-0.05, 0) is 12.1 Å². The molecule has 2 aromatic heterocycles. The number of benzene rings is 1. The lowest BCUT2D eigenvalue weighted by Crippen LogP contribution is -2.10. The highest BCUT2D eigenvalue weighted by molar-refractivity contribution is 6.03. The number of hydrogen-bond donors (Lipinski definition) is 1. The highest BCUT2D eigenvalue weighted by atomic mass is 19.1. The molecule has 0 radical (unpaired) electrons. The molecule has 19 heavy (non-hydrogen) atoms. The lowest BCUT2D eigenvalue weighted by molar-refractivity contribution is 0.0957. The Morgan fingerprint density at radius 3 is 2.95 bits per heavy atom. The number of imidazole rings is 1. The largest absolute Gasteiger partial charge is 0.506 e. The van der Waals surface area contributed by atoms with Crippen LogP contribution in [0.15, 0.2) is 43.1 Å². The molecule has 1 N–H and O–H groups in total. The molecule has 1 aromatic carbocycles. The van der Waals surface area contributed by atoms with Gasteiger partial charge in [0.2, 0.25) is 0 Å². The van der Waals surface area contributed by atoms with Gasteiger partial charge in [-0.15, -0.1) is 0 Å². The maximum Gasteiger partial charge on any atom is 0.268 e. The fraction of sp³-hybridized carbons (Fsp3) is 0. The number of carbonyl (C=O) groups is 1. The first kappa shape index (κ1) is 11.3. The fourth-order valence-electron chi connectivity index (χ4n) is 1.85. The van der Waals surface area contributed by atoms with Crippen LogP contribution in [-0.2, 0) is 0 Å². The van der Waals surface area contributed by atoms with Gasteiger partial charge in [-0.1, -0.05) is 6.07 Å². The van der Waals surface area contributed by atoms with Crippen LogP contribution in [0.25, 0.3) is 10.9 Å². The molecular weight excluding hydrogens is 249 g/mol. The van der Waals surface area contributed by atoms with Crippen LogP contribution < -0.4 is 0 Å². The van der Waals surface area contributed by atoms with E-state index in [0.717, 1.165) is 6.20 Å². The lowest BCUT2D eigenvalue weighted by Gasteiger charge is -2.07. The van der Waals surface area contributed by atoms with Crippen molar-refractivity contribution in [2.24, 2.45) is 0 Å². The van der Waals surface area contributed by atoms with Crippen LogP contribution in [0.5, 0.6) is 5.75 Å². The Morgan fingerprint density at radius 1 is 1.37 bits per heavy atom. The van der Waals surface area contributed by atoms with Crippen LogP contribution in [0.3, 0.4) is 0 Å². The minimum atomic E-state index is -0.547. The minimum absolute atomic E-state index is 0.00361. The summed E-state index contributed by atoms with van der Waals surface area (Å²) >= 11 is 0. The summed E-state index contributed by atoms with van der Waals surface area (Å²) in [5.74, 6) is -1.31. The van der Waals surface area contributed by atoms with Crippen molar-refractivity contribution in [2.75, 3.05) is 0 Å². The minimum Gasteiger partial charge on any atom is -0.506 e. The molecule has 0 fully saturated rings. The van der Waals surface area contributed by atoms with Gasteiger partial charge < -0.3 is 5.11 Å². The predicted octanol–water partition coefficient (Wildman–Crippen LogP) is 1.96.